The number of benzene rings is 2. The zero-order chi connectivity index (χ0) is 28.7. The van der Waals surface area contributed by atoms with Gasteiger partial charge in [0.1, 0.15) is 12.4 Å². The summed E-state index contributed by atoms with van der Waals surface area (Å²) in [4.78, 5) is 31.3. The molecule has 9 heteroatoms. The van der Waals surface area contributed by atoms with Crippen LogP contribution in [0.5, 0.6) is 6.01 Å². The van der Waals surface area contributed by atoms with Gasteiger partial charge in [0.25, 0.3) is 0 Å². The van der Waals surface area contributed by atoms with Gasteiger partial charge < -0.3 is 19.4 Å². The van der Waals surface area contributed by atoms with E-state index in [1.54, 1.807) is 0 Å². The number of carbonyl (C=O) groups is 1. The Morgan fingerprint density at radius 1 is 1.12 bits per heavy atom. The van der Waals surface area contributed by atoms with Gasteiger partial charge in [0.05, 0.1) is 5.69 Å². The highest BCUT2D eigenvalue weighted by atomic mass is 35.5. The van der Waals surface area contributed by atoms with E-state index in [1.807, 2.05) is 17.0 Å². The second kappa shape index (κ2) is 11.6. The first-order chi connectivity index (χ1) is 19.8. The van der Waals surface area contributed by atoms with Gasteiger partial charge in [-0.05, 0) is 63.5 Å². The first-order valence-corrected chi connectivity index (χ1v) is 15.0. The Balaban J connectivity index is 1.36. The molecular formula is C32H39ClN6O2. The molecule has 4 heterocycles. The van der Waals surface area contributed by atoms with Crippen LogP contribution in [0.4, 0.5) is 5.82 Å². The smallest absolute Gasteiger partial charge is 0.318 e. The number of hydrogen-bond donors (Lipinski definition) is 0. The van der Waals surface area contributed by atoms with Gasteiger partial charge in [0, 0.05) is 66.7 Å². The predicted octanol–water partition coefficient (Wildman–Crippen LogP) is 4.71. The van der Waals surface area contributed by atoms with E-state index >= 15 is 0 Å². The molecule has 3 aliphatic heterocycles. The summed E-state index contributed by atoms with van der Waals surface area (Å²) in [7, 11) is 4.32. The third kappa shape index (κ3) is 5.41. The summed E-state index contributed by atoms with van der Waals surface area (Å²) < 4.78 is 6.32. The summed E-state index contributed by atoms with van der Waals surface area (Å²) in [5.74, 6) is 0.895. The minimum Gasteiger partial charge on any atom is -0.462 e. The van der Waals surface area contributed by atoms with Crippen molar-refractivity contribution in [2.24, 2.45) is 0 Å². The summed E-state index contributed by atoms with van der Waals surface area (Å²) in [5.41, 5.74) is 3.37. The minimum absolute atomic E-state index is 0.0257. The highest BCUT2D eigenvalue weighted by molar-refractivity contribution is 6.35. The predicted molar refractivity (Wildman–Crippen MR) is 164 cm³/mol. The Bertz CT molecular complexity index is 1460. The Morgan fingerprint density at radius 3 is 2.66 bits per heavy atom. The number of hydrogen-bond acceptors (Lipinski definition) is 7. The second-order valence-electron chi connectivity index (χ2n) is 11.7. The van der Waals surface area contributed by atoms with Crippen molar-refractivity contribution in [2.45, 2.75) is 50.9 Å². The molecule has 2 aromatic carbocycles. The third-order valence-corrected chi connectivity index (χ3v) is 9.40. The number of carbonyl (C=O) groups excluding carboxylic acids is 1. The summed E-state index contributed by atoms with van der Waals surface area (Å²) in [5, 5.41) is 3.01. The first-order valence-electron chi connectivity index (χ1n) is 14.6. The highest BCUT2D eigenvalue weighted by Crippen LogP contribution is 2.40. The summed E-state index contributed by atoms with van der Waals surface area (Å²) >= 11 is 6.75. The van der Waals surface area contributed by atoms with Crippen LogP contribution < -0.4 is 9.64 Å². The number of nitrogens with zero attached hydrogens (tertiary/aromatic N) is 6. The van der Waals surface area contributed by atoms with Gasteiger partial charge in [-0.3, -0.25) is 9.69 Å². The molecule has 216 valence electrons. The standard InChI is InChI=1S/C32H39ClN6O2/c1-5-29(40)38-15-16-39(21(2)18-38)31-25-19-37(4)28(24-12-6-9-22-10-7-13-26(33)30(22)24)17-27(25)34-32(35-31)41-20-23-11-8-14-36(23)3/h5-7,9-10,12-13,21,23,28H,1,8,11,14-20H2,2-4H3/t21-,23-,28?/m0/s1. The van der Waals surface area contributed by atoms with Gasteiger partial charge in [-0.25, -0.2) is 0 Å². The lowest BCUT2D eigenvalue weighted by molar-refractivity contribution is -0.126. The fraction of sp³-hybridized carbons (Fsp3) is 0.469. The number of anilines is 1. The van der Waals surface area contributed by atoms with Gasteiger partial charge in [0.2, 0.25) is 5.91 Å². The van der Waals surface area contributed by atoms with E-state index in [0.29, 0.717) is 44.8 Å². The number of halogens is 1. The lowest BCUT2D eigenvalue weighted by Crippen LogP contribution is -2.54. The second-order valence-corrected chi connectivity index (χ2v) is 12.1. The first kappa shape index (κ1) is 27.9. The van der Waals surface area contributed by atoms with E-state index in [0.717, 1.165) is 52.3 Å². The molecule has 0 radical (unpaired) electrons. The van der Waals surface area contributed by atoms with Crippen molar-refractivity contribution in [3.05, 3.63) is 70.9 Å². The van der Waals surface area contributed by atoms with Gasteiger partial charge in [0.15, 0.2) is 0 Å². The van der Waals surface area contributed by atoms with Crippen LogP contribution in [0.15, 0.2) is 49.1 Å². The Hall–Kier alpha value is -3.20. The van der Waals surface area contributed by atoms with E-state index in [4.69, 9.17) is 26.3 Å². The molecule has 3 aliphatic rings. The summed E-state index contributed by atoms with van der Waals surface area (Å²) in [6.07, 6.45) is 4.44. The Kier molecular flexibility index (Phi) is 7.90. The third-order valence-electron chi connectivity index (χ3n) is 9.08. The molecule has 6 rings (SSSR count). The molecule has 1 amide bonds. The average Bonchev–Trinajstić information content (AvgIpc) is 3.39. The van der Waals surface area contributed by atoms with E-state index in [-0.39, 0.29) is 18.0 Å². The van der Waals surface area contributed by atoms with Crippen LogP contribution in [0.3, 0.4) is 0 Å². The lowest BCUT2D eigenvalue weighted by atomic mass is 9.90. The maximum atomic E-state index is 12.3. The molecule has 0 aliphatic carbocycles. The molecule has 1 aromatic heterocycles. The zero-order valence-corrected chi connectivity index (χ0v) is 25.0. The molecule has 0 N–H and O–H groups in total. The molecule has 0 bridgehead atoms. The van der Waals surface area contributed by atoms with Crippen LogP contribution in [-0.4, -0.2) is 89.5 Å². The van der Waals surface area contributed by atoms with Gasteiger partial charge in [-0.15, -0.1) is 0 Å². The largest absolute Gasteiger partial charge is 0.462 e. The molecule has 3 atom stereocenters. The molecule has 0 saturated carbocycles. The van der Waals surface area contributed by atoms with Gasteiger partial charge >= 0.3 is 6.01 Å². The van der Waals surface area contributed by atoms with E-state index in [9.17, 15) is 4.79 Å². The van der Waals surface area contributed by atoms with Crippen molar-refractivity contribution in [1.82, 2.24) is 24.7 Å². The lowest BCUT2D eigenvalue weighted by Gasteiger charge is -2.42. The molecular weight excluding hydrogens is 536 g/mol. The highest BCUT2D eigenvalue weighted by Gasteiger charge is 2.35. The number of likely N-dealkylation sites (N-methyl/N-ethyl adjacent to an activating group) is 2. The minimum atomic E-state index is -0.0257. The molecule has 0 spiro atoms. The number of piperazine rings is 1. The fourth-order valence-corrected chi connectivity index (χ4v) is 7.03. The van der Waals surface area contributed by atoms with E-state index < -0.39 is 0 Å². The number of aromatic nitrogens is 2. The maximum absolute atomic E-state index is 12.3. The van der Waals surface area contributed by atoms with Crippen LogP contribution in [0.1, 0.15) is 42.6 Å². The number of amides is 1. The van der Waals surface area contributed by atoms with E-state index in [1.165, 1.54) is 18.1 Å². The maximum Gasteiger partial charge on any atom is 0.318 e. The van der Waals surface area contributed by atoms with Crippen LogP contribution in [0.25, 0.3) is 10.8 Å². The SMILES string of the molecule is C=CC(=O)N1CCN(c2nc(OC[C@@H]3CCCN3C)nc3c2CN(C)C(c2cccc4cccc(Cl)c24)C3)[C@@H](C)C1. The quantitative estimate of drug-likeness (QED) is 0.395. The van der Waals surface area contributed by atoms with Crippen molar-refractivity contribution < 1.29 is 9.53 Å². The normalized spacial score (nSPS) is 23.6. The van der Waals surface area contributed by atoms with Crippen LogP contribution in [0, 0.1) is 0 Å². The van der Waals surface area contributed by atoms with Crippen molar-refractivity contribution in [3.8, 4) is 6.01 Å². The zero-order valence-electron chi connectivity index (χ0n) is 24.2. The number of likely N-dealkylation sites (tertiary alicyclic amines) is 1. The number of fused-ring (bicyclic) bond motifs is 2. The van der Waals surface area contributed by atoms with Crippen LogP contribution >= 0.6 is 11.6 Å². The Labute approximate surface area is 247 Å². The molecule has 8 nitrogen and oxygen atoms in total. The topological polar surface area (TPSA) is 65.0 Å². The number of ether oxygens (including phenoxy) is 1. The monoisotopic (exact) mass is 574 g/mol. The van der Waals surface area contributed by atoms with Crippen molar-refractivity contribution in [2.75, 3.05) is 51.8 Å². The Morgan fingerprint density at radius 2 is 1.93 bits per heavy atom. The average molecular weight is 575 g/mol. The van der Waals surface area contributed by atoms with Crippen LogP contribution in [-0.2, 0) is 17.8 Å². The molecule has 2 saturated heterocycles. The van der Waals surface area contributed by atoms with Crippen LogP contribution in [0.2, 0.25) is 5.02 Å². The van der Waals surface area contributed by atoms with Crippen molar-refractivity contribution in [1.29, 1.82) is 0 Å². The molecule has 41 heavy (non-hydrogen) atoms. The summed E-state index contributed by atoms with van der Waals surface area (Å²) in [6.45, 7) is 10.2. The molecule has 1 unspecified atom stereocenters. The molecule has 3 aromatic rings. The fourth-order valence-electron chi connectivity index (χ4n) is 6.74. The van der Waals surface area contributed by atoms with Gasteiger partial charge in [-0.1, -0.05) is 48.5 Å². The van der Waals surface area contributed by atoms with Gasteiger partial charge in [-0.2, -0.15) is 9.97 Å². The van der Waals surface area contributed by atoms with Crippen molar-refractivity contribution >= 4 is 34.1 Å². The molecule has 2 fully saturated rings. The summed E-state index contributed by atoms with van der Waals surface area (Å²) in [6, 6.07) is 13.5. The van der Waals surface area contributed by atoms with Crippen molar-refractivity contribution in [3.63, 3.8) is 0 Å². The number of rotatable bonds is 6. The van der Waals surface area contributed by atoms with E-state index in [2.05, 4.69) is 66.6 Å².